The van der Waals surface area contributed by atoms with E-state index >= 15 is 0 Å². The molecular formula is C13H7Cl5LiOP. The van der Waals surface area contributed by atoms with Gasteiger partial charge in [-0.15, -0.1) is 9.24 Å². The monoisotopic (exact) mass is 392 g/mol. The molecule has 8 heteroatoms. The maximum atomic E-state index is 12.6. The van der Waals surface area contributed by atoms with Gasteiger partial charge < -0.3 is 1.43 Å². The van der Waals surface area contributed by atoms with Crippen LogP contribution in [0.4, 0.5) is 0 Å². The Hall–Kier alpha value is 0.587. The zero-order valence-electron chi connectivity index (χ0n) is 11.7. The topological polar surface area (TPSA) is 17.1 Å². The average Bonchev–Trinajstić information content (AvgIpc) is 2.43. The number of benzene rings is 2. The molecule has 0 N–H and O–H groups in total. The van der Waals surface area contributed by atoms with Crippen LogP contribution in [0.2, 0.25) is 25.1 Å². The summed E-state index contributed by atoms with van der Waals surface area (Å²) in [6, 6.07) is 6.98. The van der Waals surface area contributed by atoms with E-state index in [0.717, 1.165) is 0 Å². The Kier molecular flexibility index (Phi) is 7.40. The second-order valence-electron chi connectivity index (χ2n) is 3.86. The van der Waals surface area contributed by atoms with Gasteiger partial charge in [-0.3, -0.25) is 4.79 Å². The fourth-order valence-electron chi connectivity index (χ4n) is 1.64. The molecule has 106 valence electrons. The predicted molar refractivity (Wildman–Crippen MR) is 91.8 cm³/mol. The van der Waals surface area contributed by atoms with Crippen molar-refractivity contribution in [2.75, 3.05) is 0 Å². The molecule has 0 fully saturated rings. The molecule has 0 saturated carbocycles. The Labute approximate surface area is 163 Å². The molecule has 0 radical (unpaired) electrons. The molecule has 1 nitrogen and oxygen atoms in total. The van der Waals surface area contributed by atoms with Gasteiger partial charge in [0.25, 0.3) is 0 Å². The molecule has 0 bridgehead atoms. The smallest absolute Gasteiger partial charge is 1.00 e. The standard InChI is InChI=1S/C13H6Cl5OP.Li.H/c14-8-7(9(15)11(17)12(18)10(8)16)13(19)5-3-1-2-4-6(5)20;;/h1-4H,20H2;;/q;+1;-1. The van der Waals surface area contributed by atoms with E-state index in [1.165, 1.54) is 0 Å². The summed E-state index contributed by atoms with van der Waals surface area (Å²) in [7, 11) is 2.47. The van der Waals surface area contributed by atoms with Crippen molar-refractivity contribution in [3.05, 3.63) is 60.5 Å². The minimum atomic E-state index is -0.369. The molecule has 1 atom stereocenters. The maximum Gasteiger partial charge on any atom is 1.00 e. The number of hydrogen-bond acceptors (Lipinski definition) is 1. The van der Waals surface area contributed by atoms with Gasteiger partial charge in [0.1, 0.15) is 0 Å². The third-order valence-electron chi connectivity index (χ3n) is 2.64. The van der Waals surface area contributed by atoms with Crippen molar-refractivity contribution < 1.29 is 25.1 Å². The molecule has 0 amide bonds. The number of halogens is 5. The third-order valence-corrected chi connectivity index (χ3v) is 5.42. The van der Waals surface area contributed by atoms with Crippen molar-refractivity contribution in [2.45, 2.75) is 0 Å². The first-order valence-corrected chi connectivity index (χ1v) is 7.73. The van der Waals surface area contributed by atoms with Crippen LogP contribution in [0.1, 0.15) is 17.3 Å². The number of ketones is 1. The first-order chi connectivity index (χ1) is 9.36. The van der Waals surface area contributed by atoms with E-state index in [2.05, 4.69) is 9.24 Å². The molecule has 2 aromatic rings. The van der Waals surface area contributed by atoms with Gasteiger partial charge in [-0.05, 0) is 5.30 Å². The minimum absolute atomic E-state index is 0. The molecular weight excluding hydrogens is 387 g/mol. The summed E-state index contributed by atoms with van der Waals surface area (Å²) in [5.74, 6) is -0.369. The second kappa shape index (κ2) is 7.92. The molecule has 0 aliphatic rings. The average molecular weight is 394 g/mol. The Morgan fingerprint density at radius 1 is 0.857 bits per heavy atom. The molecule has 0 spiro atoms. The molecule has 0 aliphatic heterocycles. The van der Waals surface area contributed by atoms with Gasteiger partial charge in [-0.2, -0.15) is 0 Å². The normalized spacial score (nSPS) is 10.2. The Bertz CT molecular complexity index is 697. The molecule has 0 aromatic heterocycles. The zero-order valence-corrected chi connectivity index (χ0v) is 15.6. The summed E-state index contributed by atoms with van der Waals surface area (Å²) < 4.78 is 0. The van der Waals surface area contributed by atoms with Crippen molar-refractivity contribution in [1.29, 1.82) is 0 Å². The van der Waals surface area contributed by atoms with Crippen LogP contribution in [-0.4, -0.2) is 5.78 Å². The van der Waals surface area contributed by atoms with Gasteiger partial charge >= 0.3 is 18.9 Å². The SMILES string of the molecule is O=C(c1ccccc1P)c1c(Cl)c(Cl)c(Cl)c(Cl)c1Cl.[H-].[Li+]. The minimum Gasteiger partial charge on any atom is -1.00 e. The number of carbonyl (C=O) groups excluding carboxylic acids is 1. The van der Waals surface area contributed by atoms with Crippen molar-refractivity contribution >= 4 is 78.3 Å². The summed E-state index contributed by atoms with van der Waals surface area (Å²) in [6.07, 6.45) is 0. The number of hydrogen-bond donors (Lipinski definition) is 0. The van der Waals surface area contributed by atoms with E-state index in [4.69, 9.17) is 58.0 Å². The third kappa shape index (κ3) is 3.74. The molecule has 0 saturated heterocycles. The van der Waals surface area contributed by atoms with Crippen molar-refractivity contribution in [3.63, 3.8) is 0 Å². The molecule has 1 unspecified atom stereocenters. The van der Waals surface area contributed by atoms with Crippen LogP contribution in [0, 0.1) is 0 Å². The van der Waals surface area contributed by atoms with Gasteiger partial charge in [0, 0.05) is 5.56 Å². The largest absolute Gasteiger partial charge is 1.00 e. The first kappa shape index (κ1) is 19.6. The predicted octanol–water partition coefficient (Wildman–Crippen LogP) is 2.80. The summed E-state index contributed by atoms with van der Waals surface area (Å²) in [5.41, 5.74) is 0.485. The van der Waals surface area contributed by atoms with Crippen LogP contribution in [-0.2, 0) is 0 Å². The van der Waals surface area contributed by atoms with Crippen molar-refractivity contribution in [3.8, 4) is 0 Å². The molecule has 21 heavy (non-hydrogen) atoms. The molecule has 2 aromatic carbocycles. The Morgan fingerprint density at radius 3 is 1.76 bits per heavy atom. The number of rotatable bonds is 2. The fourth-order valence-corrected chi connectivity index (χ4v) is 3.29. The van der Waals surface area contributed by atoms with Gasteiger partial charge in [-0.25, -0.2) is 0 Å². The van der Waals surface area contributed by atoms with Crippen LogP contribution in [0.25, 0.3) is 0 Å². The van der Waals surface area contributed by atoms with E-state index in [-0.39, 0.29) is 56.7 Å². The van der Waals surface area contributed by atoms with Crippen LogP contribution < -0.4 is 24.2 Å². The van der Waals surface area contributed by atoms with Crippen molar-refractivity contribution in [1.82, 2.24) is 0 Å². The summed E-state index contributed by atoms with van der Waals surface area (Å²) in [4.78, 5) is 12.6. The summed E-state index contributed by atoms with van der Waals surface area (Å²) in [5, 5.41) is 0.735. The Morgan fingerprint density at radius 2 is 1.29 bits per heavy atom. The number of carbonyl (C=O) groups is 1. The van der Waals surface area contributed by atoms with E-state index < -0.39 is 0 Å². The molecule has 0 aliphatic carbocycles. The first-order valence-electron chi connectivity index (χ1n) is 5.27. The molecule has 2 rings (SSSR count). The van der Waals surface area contributed by atoms with Crippen LogP contribution in [0.15, 0.2) is 24.3 Å². The van der Waals surface area contributed by atoms with E-state index in [0.29, 0.717) is 10.9 Å². The van der Waals surface area contributed by atoms with E-state index in [1.54, 1.807) is 18.2 Å². The van der Waals surface area contributed by atoms with E-state index in [1.807, 2.05) is 6.07 Å². The summed E-state index contributed by atoms with van der Waals surface area (Å²) >= 11 is 30.0. The van der Waals surface area contributed by atoms with Crippen LogP contribution >= 0.6 is 67.2 Å². The van der Waals surface area contributed by atoms with E-state index in [9.17, 15) is 4.79 Å². The fraction of sp³-hybridized carbons (Fsp3) is 0. The summed E-state index contributed by atoms with van der Waals surface area (Å²) in [6.45, 7) is 0. The van der Waals surface area contributed by atoms with Gasteiger partial charge in [0.15, 0.2) is 5.78 Å². The van der Waals surface area contributed by atoms with Crippen molar-refractivity contribution in [2.24, 2.45) is 0 Å². The van der Waals surface area contributed by atoms with Crippen LogP contribution in [0.3, 0.4) is 0 Å². The van der Waals surface area contributed by atoms with Crippen LogP contribution in [0.5, 0.6) is 0 Å². The zero-order chi connectivity index (χ0) is 15.0. The maximum absolute atomic E-state index is 12.6. The van der Waals surface area contributed by atoms with Gasteiger partial charge in [0.2, 0.25) is 0 Å². The van der Waals surface area contributed by atoms with Gasteiger partial charge in [0.05, 0.1) is 30.7 Å². The quantitative estimate of drug-likeness (QED) is 0.252. The second-order valence-corrected chi connectivity index (χ2v) is 6.37. The van der Waals surface area contributed by atoms with Gasteiger partial charge in [-0.1, -0.05) is 82.3 Å². The Balaban J connectivity index is 0.00000220. The molecule has 0 heterocycles.